The van der Waals surface area contributed by atoms with Crippen LogP contribution in [0.2, 0.25) is 0 Å². The highest BCUT2D eigenvalue weighted by Gasteiger charge is 2.52. The summed E-state index contributed by atoms with van der Waals surface area (Å²) >= 11 is 0. The maximum Gasteiger partial charge on any atom is 0.335 e. The van der Waals surface area contributed by atoms with Crippen LogP contribution in [0.25, 0.3) is 0 Å². The normalized spacial score (nSPS) is 20.2. The summed E-state index contributed by atoms with van der Waals surface area (Å²) < 4.78 is 17.0. The predicted molar refractivity (Wildman–Crippen MR) is 111 cm³/mol. The predicted octanol–water partition coefficient (Wildman–Crippen LogP) is 4.68. The lowest BCUT2D eigenvalue weighted by Gasteiger charge is -2.30. The minimum atomic E-state index is -0.730. The Balaban J connectivity index is 1.83. The summed E-state index contributed by atoms with van der Waals surface area (Å²) in [5, 5.41) is 0. The fraction of sp³-hybridized carbons (Fsp3) is 0.240. The van der Waals surface area contributed by atoms with Crippen molar-refractivity contribution in [1.82, 2.24) is 0 Å². The van der Waals surface area contributed by atoms with Crippen molar-refractivity contribution in [3.8, 4) is 5.75 Å². The summed E-state index contributed by atoms with van der Waals surface area (Å²) in [4.78, 5) is 12.7. The van der Waals surface area contributed by atoms with Crippen LogP contribution in [0.1, 0.15) is 29.0 Å². The fourth-order valence-corrected chi connectivity index (χ4v) is 4.19. The molecule has 1 fully saturated rings. The molecule has 4 heteroatoms. The van der Waals surface area contributed by atoms with Crippen LogP contribution in [0.3, 0.4) is 0 Å². The van der Waals surface area contributed by atoms with Gasteiger partial charge < -0.3 is 14.2 Å². The zero-order valence-electron chi connectivity index (χ0n) is 16.6. The minimum Gasteiger partial charge on any atom is -0.497 e. The minimum absolute atomic E-state index is 0.145. The van der Waals surface area contributed by atoms with Crippen molar-refractivity contribution in [3.63, 3.8) is 0 Å². The molecule has 4 nitrogen and oxygen atoms in total. The molecule has 0 aliphatic carbocycles. The molecule has 3 aromatic carbocycles. The second kappa shape index (κ2) is 8.10. The van der Waals surface area contributed by atoms with E-state index >= 15 is 0 Å². The molecule has 0 N–H and O–H groups in total. The van der Waals surface area contributed by atoms with Crippen molar-refractivity contribution in [3.05, 3.63) is 102 Å². The first kappa shape index (κ1) is 19.2. The highest BCUT2D eigenvalue weighted by molar-refractivity contribution is 5.77. The van der Waals surface area contributed by atoms with Gasteiger partial charge in [0.05, 0.1) is 14.2 Å². The van der Waals surface area contributed by atoms with Crippen LogP contribution in [0.15, 0.2) is 84.9 Å². The van der Waals surface area contributed by atoms with Crippen molar-refractivity contribution >= 4 is 5.97 Å². The Morgan fingerprint density at radius 3 is 1.90 bits per heavy atom. The van der Waals surface area contributed by atoms with Gasteiger partial charge in [0.1, 0.15) is 11.4 Å². The molecule has 1 heterocycles. The lowest BCUT2D eigenvalue weighted by atomic mass is 9.79. The summed E-state index contributed by atoms with van der Waals surface area (Å²) in [6.45, 7) is 0. The summed E-state index contributed by atoms with van der Waals surface area (Å²) in [5.41, 5.74) is 2.34. The van der Waals surface area contributed by atoms with Gasteiger partial charge in [-0.1, -0.05) is 72.8 Å². The maximum absolute atomic E-state index is 12.7. The number of methoxy groups -OCH3 is 2. The van der Waals surface area contributed by atoms with E-state index in [2.05, 4.69) is 24.3 Å². The van der Waals surface area contributed by atoms with Gasteiger partial charge >= 0.3 is 5.97 Å². The summed E-state index contributed by atoms with van der Waals surface area (Å²) in [7, 11) is 3.04. The molecule has 148 valence electrons. The number of hydrogen-bond donors (Lipinski definition) is 0. The number of carbonyl (C=O) groups is 1. The van der Waals surface area contributed by atoms with Gasteiger partial charge in [0, 0.05) is 5.92 Å². The molecule has 4 rings (SSSR count). The van der Waals surface area contributed by atoms with Gasteiger partial charge in [-0.05, 0) is 35.2 Å². The number of hydrogen-bond acceptors (Lipinski definition) is 4. The van der Waals surface area contributed by atoms with Crippen LogP contribution in [0.5, 0.6) is 5.75 Å². The summed E-state index contributed by atoms with van der Waals surface area (Å²) in [5.74, 6) is 0.271. The van der Waals surface area contributed by atoms with Crippen LogP contribution in [0.4, 0.5) is 0 Å². The average Bonchev–Trinajstić information content (AvgIpc) is 3.22. The largest absolute Gasteiger partial charge is 0.497 e. The summed E-state index contributed by atoms with van der Waals surface area (Å²) in [6.07, 6.45) is -0.0681. The lowest BCUT2D eigenvalue weighted by Crippen LogP contribution is -2.31. The molecule has 1 aliphatic rings. The molecule has 29 heavy (non-hydrogen) atoms. The van der Waals surface area contributed by atoms with E-state index in [0.717, 1.165) is 22.4 Å². The van der Waals surface area contributed by atoms with Crippen LogP contribution in [0, 0.1) is 0 Å². The number of carbonyl (C=O) groups excluding carboxylic acids is 1. The molecular formula is C25H24O4. The molecule has 0 bridgehead atoms. The SMILES string of the molecule is COC(=O)[C@@H]1OC(c2ccccc2)(c2ccccc2)C[C@@H]1c1ccc(OC)cc1. The van der Waals surface area contributed by atoms with Crippen molar-refractivity contribution in [2.24, 2.45) is 0 Å². The van der Waals surface area contributed by atoms with Gasteiger partial charge in [0.2, 0.25) is 0 Å². The Kier molecular flexibility index (Phi) is 5.36. The van der Waals surface area contributed by atoms with Crippen LogP contribution in [-0.4, -0.2) is 26.3 Å². The molecule has 2 atom stereocenters. The Morgan fingerprint density at radius 1 is 0.862 bits per heavy atom. The van der Waals surface area contributed by atoms with Gasteiger partial charge in [0.25, 0.3) is 0 Å². The Labute approximate surface area is 171 Å². The standard InChI is InChI=1S/C25H24O4/c1-27-21-15-13-18(14-16-21)22-17-25(19-9-5-3-6-10-19,20-11-7-4-8-12-20)29-23(22)24(26)28-2/h3-16,22-23H,17H2,1-2H3/t22-,23-/m1/s1. The summed E-state index contributed by atoms with van der Waals surface area (Å²) in [6, 6.07) is 28.0. The Hall–Kier alpha value is -3.11. The zero-order valence-corrected chi connectivity index (χ0v) is 16.6. The van der Waals surface area contributed by atoms with E-state index in [0.29, 0.717) is 6.42 Å². The molecule has 0 amide bonds. The molecular weight excluding hydrogens is 364 g/mol. The highest BCUT2D eigenvalue weighted by Crippen LogP contribution is 2.51. The third kappa shape index (κ3) is 3.52. The first-order valence-corrected chi connectivity index (χ1v) is 9.68. The molecule has 0 spiro atoms. The van der Waals surface area contributed by atoms with Crippen molar-refractivity contribution < 1.29 is 19.0 Å². The Morgan fingerprint density at radius 2 is 1.41 bits per heavy atom. The topological polar surface area (TPSA) is 44.8 Å². The van der Waals surface area contributed by atoms with Gasteiger partial charge in [-0.2, -0.15) is 0 Å². The second-order valence-electron chi connectivity index (χ2n) is 7.20. The quantitative estimate of drug-likeness (QED) is 0.595. The van der Waals surface area contributed by atoms with Crippen LogP contribution < -0.4 is 4.74 Å². The molecule has 0 radical (unpaired) electrons. The van der Waals surface area contributed by atoms with E-state index in [4.69, 9.17) is 14.2 Å². The number of benzene rings is 3. The number of rotatable bonds is 5. The van der Waals surface area contributed by atoms with E-state index in [9.17, 15) is 4.79 Å². The van der Waals surface area contributed by atoms with Crippen LogP contribution >= 0.6 is 0 Å². The number of ether oxygens (including phenoxy) is 3. The average molecular weight is 388 g/mol. The monoisotopic (exact) mass is 388 g/mol. The second-order valence-corrected chi connectivity index (χ2v) is 7.20. The van der Waals surface area contributed by atoms with Gasteiger partial charge in [-0.15, -0.1) is 0 Å². The van der Waals surface area contributed by atoms with Crippen molar-refractivity contribution in [2.75, 3.05) is 14.2 Å². The van der Waals surface area contributed by atoms with E-state index < -0.39 is 11.7 Å². The molecule has 3 aromatic rings. The first-order valence-electron chi connectivity index (χ1n) is 9.68. The molecule has 0 unspecified atom stereocenters. The number of esters is 1. The van der Waals surface area contributed by atoms with Gasteiger partial charge in [-0.25, -0.2) is 4.79 Å². The van der Waals surface area contributed by atoms with Crippen molar-refractivity contribution in [2.45, 2.75) is 24.0 Å². The van der Waals surface area contributed by atoms with E-state index in [1.165, 1.54) is 7.11 Å². The first-order chi connectivity index (χ1) is 14.2. The zero-order chi connectivity index (χ0) is 20.3. The van der Waals surface area contributed by atoms with E-state index in [1.807, 2.05) is 60.7 Å². The highest BCUT2D eigenvalue weighted by atomic mass is 16.6. The maximum atomic E-state index is 12.7. The van der Waals surface area contributed by atoms with Crippen molar-refractivity contribution in [1.29, 1.82) is 0 Å². The molecule has 0 saturated carbocycles. The van der Waals surface area contributed by atoms with E-state index in [1.54, 1.807) is 7.11 Å². The molecule has 0 aromatic heterocycles. The smallest absolute Gasteiger partial charge is 0.335 e. The van der Waals surface area contributed by atoms with Gasteiger partial charge in [0.15, 0.2) is 6.10 Å². The molecule has 1 saturated heterocycles. The fourth-order valence-electron chi connectivity index (χ4n) is 4.19. The lowest BCUT2D eigenvalue weighted by molar-refractivity contribution is -0.157. The van der Waals surface area contributed by atoms with Crippen LogP contribution in [-0.2, 0) is 19.9 Å². The van der Waals surface area contributed by atoms with E-state index in [-0.39, 0.29) is 11.9 Å². The third-order valence-electron chi connectivity index (χ3n) is 5.66. The third-order valence-corrected chi connectivity index (χ3v) is 5.66. The molecule has 1 aliphatic heterocycles. The Bertz CT molecular complexity index is 912. The van der Waals surface area contributed by atoms with Gasteiger partial charge in [-0.3, -0.25) is 0 Å².